The topological polar surface area (TPSA) is 76.5 Å². The first-order chi connectivity index (χ1) is 14.4. The second kappa shape index (κ2) is 9.80. The van der Waals surface area contributed by atoms with E-state index in [1.807, 2.05) is 30.0 Å². The Morgan fingerprint density at radius 3 is 2.57 bits per heavy atom. The quantitative estimate of drug-likeness (QED) is 0.697. The predicted molar refractivity (Wildman–Crippen MR) is 106 cm³/mol. The number of hydrogen-bond donors (Lipinski definition) is 1. The van der Waals surface area contributed by atoms with Crippen LogP contribution in [0.3, 0.4) is 0 Å². The molecule has 1 aliphatic heterocycles. The molecule has 2 heterocycles. The molecule has 1 aromatic heterocycles. The van der Waals surface area contributed by atoms with Crippen LogP contribution in [0.2, 0.25) is 0 Å². The summed E-state index contributed by atoms with van der Waals surface area (Å²) >= 11 is 0. The largest absolute Gasteiger partial charge is 0.462 e. The number of nitrogens with zero attached hydrogens (tertiary/aromatic N) is 3. The Morgan fingerprint density at radius 1 is 1.23 bits per heavy atom. The summed E-state index contributed by atoms with van der Waals surface area (Å²) in [5.41, 5.74) is 0.947. The molecule has 1 aromatic carbocycles. The third-order valence-corrected chi connectivity index (χ3v) is 5.23. The van der Waals surface area contributed by atoms with E-state index in [9.17, 15) is 18.4 Å². The maximum atomic E-state index is 13.5. The van der Waals surface area contributed by atoms with Gasteiger partial charge >= 0.3 is 5.97 Å². The Hall–Kier alpha value is -2.81. The number of aromatic nitrogens is 2. The van der Waals surface area contributed by atoms with E-state index in [2.05, 4.69) is 10.4 Å². The van der Waals surface area contributed by atoms with Crippen LogP contribution in [0.5, 0.6) is 0 Å². The predicted octanol–water partition coefficient (Wildman–Crippen LogP) is 3.16. The van der Waals surface area contributed by atoms with E-state index in [1.165, 1.54) is 0 Å². The number of likely N-dealkylation sites (tertiary alicyclic amines) is 1. The molecule has 0 saturated carbocycles. The fourth-order valence-electron chi connectivity index (χ4n) is 3.60. The van der Waals surface area contributed by atoms with E-state index >= 15 is 0 Å². The molecule has 1 fully saturated rings. The monoisotopic (exact) mass is 420 g/mol. The first-order valence-corrected chi connectivity index (χ1v) is 10.0. The zero-order valence-corrected chi connectivity index (χ0v) is 17.1. The van der Waals surface area contributed by atoms with Gasteiger partial charge in [0.2, 0.25) is 0 Å². The van der Waals surface area contributed by atoms with Crippen LogP contribution < -0.4 is 5.32 Å². The second-order valence-corrected chi connectivity index (χ2v) is 7.29. The number of carbonyl (C=O) groups excluding carboxylic acids is 2. The molecule has 0 radical (unpaired) electrons. The van der Waals surface area contributed by atoms with Crippen molar-refractivity contribution in [2.75, 3.05) is 19.7 Å². The number of aryl methyl sites for hydroxylation is 1. The van der Waals surface area contributed by atoms with Gasteiger partial charge in [0.25, 0.3) is 12.3 Å². The van der Waals surface area contributed by atoms with Crippen LogP contribution >= 0.6 is 0 Å². The molecule has 7 nitrogen and oxygen atoms in total. The van der Waals surface area contributed by atoms with E-state index < -0.39 is 18.1 Å². The van der Waals surface area contributed by atoms with Gasteiger partial charge in [0.05, 0.1) is 19.5 Å². The highest BCUT2D eigenvalue weighted by Gasteiger charge is 2.28. The van der Waals surface area contributed by atoms with Crippen molar-refractivity contribution in [3.05, 3.63) is 52.8 Å². The highest BCUT2D eigenvalue weighted by Crippen LogP contribution is 2.24. The molecular formula is C21H26F2N4O3. The SMILES string of the molecule is CCOC(=O)c1cnn(CN2CCC(NC(=O)c3ccccc3C)CC2)c1C(F)F. The summed E-state index contributed by atoms with van der Waals surface area (Å²) in [7, 11) is 0. The van der Waals surface area contributed by atoms with E-state index in [-0.39, 0.29) is 30.8 Å². The molecule has 0 atom stereocenters. The minimum atomic E-state index is -2.84. The van der Waals surface area contributed by atoms with E-state index in [1.54, 1.807) is 13.0 Å². The van der Waals surface area contributed by atoms with Crippen molar-refractivity contribution in [1.82, 2.24) is 20.0 Å². The molecule has 30 heavy (non-hydrogen) atoms. The van der Waals surface area contributed by atoms with E-state index in [0.717, 1.165) is 16.4 Å². The lowest BCUT2D eigenvalue weighted by molar-refractivity contribution is 0.0511. The molecule has 1 saturated heterocycles. The fraction of sp³-hybridized carbons (Fsp3) is 0.476. The Bertz CT molecular complexity index is 892. The second-order valence-electron chi connectivity index (χ2n) is 7.29. The molecule has 1 N–H and O–H groups in total. The number of piperidine rings is 1. The lowest BCUT2D eigenvalue weighted by atomic mass is 10.0. The minimum Gasteiger partial charge on any atom is -0.462 e. The van der Waals surface area contributed by atoms with Crippen LogP contribution in [0.15, 0.2) is 30.5 Å². The molecule has 0 unspecified atom stereocenters. The first kappa shape index (κ1) is 21.9. The van der Waals surface area contributed by atoms with Gasteiger partial charge in [-0.25, -0.2) is 18.3 Å². The van der Waals surface area contributed by atoms with Crippen LogP contribution in [0.4, 0.5) is 8.78 Å². The first-order valence-electron chi connectivity index (χ1n) is 10.0. The summed E-state index contributed by atoms with van der Waals surface area (Å²) in [4.78, 5) is 26.4. The van der Waals surface area contributed by atoms with Crippen LogP contribution in [0, 0.1) is 6.92 Å². The number of esters is 1. The number of rotatable bonds is 7. The number of nitrogens with one attached hydrogen (secondary N) is 1. The highest BCUT2D eigenvalue weighted by molar-refractivity contribution is 5.95. The number of carbonyl (C=O) groups is 2. The maximum Gasteiger partial charge on any atom is 0.341 e. The summed E-state index contributed by atoms with van der Waals surface area (Å²) in [5, 5.41) is 7.03. The van der Waals surface area contributed by atoms with Gasteiger partial charge in [-0.2, -0.15) is 5.10 Å². The smallest absolute Gasteiger partial charge is 0.341 e. The summed E-state index contributed by atoms with van der Waals surface area (Å²) < 4.78 is 33.1. The highest BCUT2D eigenvalue weighted by atomic mass is 19.3. The summed E-state index contributed by atoms with van der Waals surface area (Å²) in [6.45, 7) is 5.01. The molecule has 162 valence electrons. The molecule has 9 heteroatoms. The maximum absolute atomic E-state index is 13.5. The minimum absolute atomic E-state index is 0.0237. The molecule has 0 aliphatic carbocycles. The average molecular weight is 420 g/mol. The standard InChI is InChI=1S/C21H26F2N4O3/c1-3-30-21(29)17-12-24-27(18(17)19(22)23)13-26-10-8-15(9-11-26)25-20(28)16-7-5-4-6-14(16)2/h4-7,12,15,19H,3,8-11,13H2,1-2H3,(H,25,28). The normalized spacial score (nSPS) is 15.4. The molecule has 1 aliphatic rings. The van der Waals surface area contributed by atoms with Gasteiger partial charge in [-0.3, -0.25) is 9.69 Å². The molecule has 1 amide bonds. The van der Waals surface area contributed by atoms with E-state index in [4.69, 9.17) is 4.74 Å². The zero-order chi connectivity index (χ0) is 21.7. The summed E-state index contributed by atoms with van der Waals surface area (Å²) in [6, 6.07) is 7.44. The number of alkyl halides is 2. The molecule has 0 spiro atoms. The average Bonchev–Trinajstić information content (AvgIpc) is 3.14. The lowest BCUT2D eigenvalue weighted by Gasteiger charge is -2.32. The van der Waals surface area contributed by atoms with Crippen LogP contribution in [-0.4, -0.2) is 52.3 Å². The van der Waals surface area contributed by atoms with Gasteiger partial charge in [0.1, 0.15) is 11.3 Å². The summed E-state index contributed by atoms with van der Waals surface area (Å²) in [6.07, 6.45) is -0.298. The van der Waals surface area contributed by atoms with E-state index in [0.29, 0.717) is 31.5 Å². The van der Waals surface area contributed by atoms with Gasteiger partial charge in [0.15, 0.2) is 0 Å². The van der Waals surface area contributed by atoms with Crippen molar-refractivity contribution in [3.8, 4) is 0 Å². The molecule has 0 bridgehead atoms. The van der Waals surface area contributed by atoms with Gasteiger partial charge in [-0.1, -0.05) is 18.2 Å². The van der Waals surface area contributed by atoms with Gasteiger partial charge in [-0.15, -0.1) is 0 Å². The van der Waals surface area contributed by atoms with Gasteiger partial charge in [-0.05, 0) is 38.3 Å². The zero-order valence-electron chi connectivity index (χ0n) is 17.1. The van der Waals surface area contributed by atoms with Crippen LogP contribution in [0.1, 0.15) is 58.2 Å². The number of benzene rings is 1. The van der Waals surface area contributed by atoms with Crippen molar-refractivity contribution in [2.45, 2.75) is 45.8 Å². The Labute approximate surface area is 174 Å². The Morgan fingerprint density at radius 2 is 1.93 bits per heavy atom. The van der Waals surface area contributed by atoms with Crippen molar-refractivity contribution in [1.29, 1.82) is 0 Å². The van der Waals surface area contributed by atoms with Gasteiger partial charge < -0.3 is 10.1 Å². The summed E-state index contributed by atoms with van der Waals surface area (Å²) in [5.74, 6) is -0.894. The van der Waals surface area contributed by atoms with Crippen molar-refractivity contribution in [2.24, 2.45) is 0 Å². The molecular weight excluding hydrogens is 394 g/mol. The van der Waals surface area contributed by atoms with Gasteiger partial charge in [0, 0.05) is 24.7 Å². The number of ether oxygens (including phenoxy) is 1. The number of halogens is 2. The Balaban J connectivity index is 1.58. The third-order valence-electron chi connectivity index (χ3n) is 5.23. The fourth-order valence-corrected chi connectivity index (χ4v) is 3.60. The van der Waals surface area contributed by atoms with Crippen LogP contribution in [0.25, 0.3) is 0 Å². The Kier molecular flexibility index (Phi) is 7.15. The number of hydrogen-bond acceptors (Lipinski definition) is 5. The third kappa shape index (κ3) is 5.02. The van der Waals surface area contributed by atoms with Crippen molar-refractivity contribution >= 4 is 11.9 Å². The molecule has 3 rings (SSSR count). The number of amides is 1. The van der Waals surface area contributed by atoms with Crippen molar-refractivity contribution < 1.29 is 23.1 Å². The van der Waals surface area contributed by atoms with Crippen LogP contribution in [-0.2, 0) is 11.4 Å². The molecule has 2 aromatic rings. The van der Waals surface area contributed by atoms with Crippen molar-refractivity contribution in [3.63, 3.8) is 0 Å². The lowest BCUT2D eigenvalue weighted by Crippen LogP contribution is -2.45.